The van der Waals surface area contributed by atoms with E-state index in [0.717, 1.165) is 11.6 Å². The van der Waals surface area contributed by atoms with Gasteiger partial charge in [-0.1, -0.05) is 12.8 Å². The lowest BCUT2D eigenvalue weighted by Crippen LogP contribution is -2.07. The molecule has 5 heteroatoms. The van der Waals surface area contributed by atoms with Crippen molar-refractivity contribution in [2.75, 3.05) is 5.32 Å². The third kappa shape index (κ3) is 2.50. The molecule has 2 heterocycles. The van der Waals surface area contributed by atoms with E-state index in [0.29, 0.717) is 12.1 Å². The minimum absolute atomic E-state index is 0.380. The molecule has 102 valence electrons. The number of nitrogens with zero attached hydrogens (tertiary/aromatic N) is 4. The molecule has 0 unspecified atom stereocenters. The molecule has 1 aliphatic rings. The molecule has 0 spiro atoms. The molecule has 2 aromatic heterocycles. The summed E-state index contributed by atoms with van der Waals surface area (Å²) in [6.07, 6.45) is 13.0. The molecule has 1 fully saturated rings. The number of hydrogen-bond acceptors (Lipinski definition) is 3. The van der Waals surface area contributed by atoms with Crippen LogP contribution in [-0.2, 0) is 0 Å². The number of imidazole rings is 1. The van der Waals surface area contributed by atoms with Gasteiger partial charge in [-0.05, 0) is 26.7 Å². The van der Waals surface area contributed by atoms with Gasteiger partial charge < -0.3 is 9.88 Å². The summed E-state index contributed by atoms with van der Waals surface area (Å²) in [5, 5.41) is 7.71. The summed E-state index contributed by atoms with van der Waals surface area (Å²) in [5.74, 6) is 0.926. The molecule has 1 aliphatic carbocycles. The molecule has 0 aliphatic heterocycles. The van der Waals surface area contributed by atoms with Gasteiger partial charge in [0, 0.05) is 30.7 Å². The van der Waals surface area contributed by atoms with Crippen LogP contribution in [0.1, 0.15) is 51.6 Å². The predicted octanol–water partition coefficient (Wildman–Crippen LogP) is 3.52. The molecule has 1 N–H and O–H groups in total. The quantitative estimate of drug-likeness (QED) is 0.913. The van der Waals surface area contributed by atoms with Gasteiger partial charge in [0.25, 0.3) is 0 Å². The van der Waals surface area contributed by atoms with E-state index in [9.17, 15) is 0 Å². The van der Waals surface area contributed by atoms with Gasteiger partial charge in [0.05, 0.1) is 11.9 Å². The van der Waals surface area contributed by atoms with Crippen LogP contribution in [0.5, 0.6) is 0 Å². The highest BCUT2D eigenvalue weighted by atomic mass is 15.3. The van der Waals surface area contributed by atoms with Gasteiger partial charge in [-0.2, -0.15) is 5.10 Å². The maximum atomic E-state index is 4.42. The lowest BCUT2D eigenvalue weighted by atomic mass is 10.2. The van der Waals surface area contributed by atoms with Gasteiger partial charge in [0.1, 0.15) is 0 Å². The lowest BCUT2D eigenvalue weighted by molar-refractivity contribution is 0.524. The Bertz CT molecular complexity index is 534. The van der Waals surface area contributed by atoms with Gasteiger partial charge in [-0.3, -0.25) is 4.68 Å². The average Bonchev–Trinajstić information content (AvgIpc) is 3.09. The first-order valence-corrected chi connectivity index (χ1v) is 7.08. The minimum Gasteiger partial charge on any atom is -0.323 e. The fourth-order valence-corrected chi connectivity index (χ4v) is 2.70. The molecule has 3 rings (SSSR count). The summed E-state index contributed by atoms with van der Waals surface area (Å²) in [6, 6.07) is 0.982. The SMILES string of the molecule is CC(C)n1cc(Nc2nccn2C2CCCC2)cn1. The molecule has 0 radical (unpaired) electrons. The van der Waals surface area contributed by atoms with Crippen LogP contribution in [0.2, 0.25) is 0 Å². The van der Waals surface area contributed by atoms with E-state index in [-0.39, 0.29) is 0 Å². The molecule has 0 atom stereocenters. The maximum absolute atomic E-state index is 4.42. The number of aromatic nitrogens is 4. The molecular weight excluding hydrogens is 238 g/mol. The van der Waals surface area contributed by atoms with E-state index in [2.05, 4.69) is 40.0 Å². The van der Waals surface area contributed by atoms with E-state index in [1.807, 2.05) is 23.3 Å². The van der Waals surface area contributed by atoms with Gasteiger partial charge in [0.15, 0.2) is 0 Å². The van der Waals surface area contributed by atoms with Crippen molar-refractivity contribution in [2.45, 2.75) is 51.6 Å². The summed E-state index contributed by atoms with van der Waals surface area (Å²) >= 11 is 0. The third-order valence-corrected chi connectivity index (χ3v) is 3.77. The van der Waals surface area contributed by atoms with Crippen LogP contribution in [0, 0.1) is 0 Å². The van der Waals surface area contributed by atoms with Crippen LogP contribution >= 0.6 is 0 Å². The number of nitrogens with one attached hydrogen (secondary N) is 1. The lowest BCUT2D eigenvalue weighted by Gasteiger charge is -2.14. The molecular formula is C14H21N5. The summed E-state index contributed by atoms with van der Waals surface area (Å²) < 4.78 is 4.21. The highest BCUT2D eigenvalue weighted by Gasteiger charge is 2.19. The van der Waals surface area contributed by atoms with E-state index in [1.54, 1.807) is 0 Å². The molecule has 19 heavy (non-hydrogen) atoms. The van der Waals surface area contributed by atoms with Crippen LogP contribution in [0.15, 0.2) is 24.8 Å². The Hall–Kier alpha value is -1.78. The van der Waals surface area contributed by atoms with Crippen molar-refractivity contribution in [1.29, 1.82) is 0 Å². The zero-order valence-corrected chi connectivity index (χ0v) is 11.6. The van der Waals surface area contributed by atoms with E-state index in [4.69, 9.17) is 0 Å². The van der Waals surface area contributed by atoms with Crippen molar-refractivity contribution in [3.05, 3.63) is 24.8 Å². The zero-order valence-electron chi connectivity index (χ0n) is 11.6. The summed E-state index contributed by atoms with van der Waals surface area (Å²) in [6.45, 7) is 4.24. The Morgan fingerprint density at radius 2 is 2.11 bits per heavy atom. The zero-order chi connectivity index (χ0) is 13.2. The average molecular weight is 259 g/mol. The first-order valence-electron chi connectivity index (χ1n) is 7.08. The summed E-state index contributed by atoms with van der Waals surface area (Å²) in [5.41, 5.74) is 0.999. The van der Waals surface area contributed by atoms with Crippen molar-refractivity contribution in [2.24, 2.45) is 0 Å². The van der Waals surface area contributed by atoms with Crippen LogP contribution in [0.25, 0.3) is 0 Å². The van der Waals surface area contributed by atoms with Gasteiger partial charge in [-0.15, -0.1) is 0 Å². The van der Waals surface area contributed by atoms with Gasteiger partial charge in [-0.25, -0.2) is 4.98 Å². The predicted molar refractivity (Wildman–Crippen MR) is 75.6 cm³/mol. The number of anilines is 2. The fourth-order valence-electron chi connectivity index (χ4n) is 2.70. The van der Waals surface area contributed by atoms with Crippen LogP contribution in [-0.4, -0.2) is 19.3 Å². The first-order chi connectivity index (χ1) is 9.24. The highest BCUT2D eigenvalue weighted by molar-refractivity contribution is 5.51. The van der Waals surface area contributed by atoms with Crippen LogP contribution in [0.4, 0.5) is 11.6 Å². The van der Waals surface area contributed by atoms with Crippen molar-refractivity contribution in [3.8, 4) is 0 Å². The Labute approximate surface area is 113 Å². The molecule has 0 aromatic carbocycles. The largest absolute Gasteiger partial charge is 0.323 e. The Balaban J connectivity index is 1.77. The second kappa shape index (κ2) is 5.07. The standard InChI is InChI=1S/C14H21N5/c1-11(2)19-10-12(9-16-19)17-14-15-7-8-18(14)13-5-3-4-6-13/h7-11,13H,3-6H2,1-2H3,(H,15,17). The van der Waals surface area contributed by atoms with Gasteiger partial charge in [0.2, 0.25) is 5.95 Å². The molecule has 2 aromatic rings. The molecule has 1 saturated carbocycles. The number of rotatable bonds is 4. The number of hydrogen-bond donors (Lipinski definition) is 1. The molecule has 0 amide bonds. The van der Waals surface area contributed by atoms with Crippen molar-refractivity contribution in [1.82, 2.24) is 19.3 Å². The summed E-state index contributed by atoms with van der Waals surface area (Å²) in [7, 11) is 0. The van der Waals surface area contributed by atoms with E-state index >= 15 is 0 Å². The Morgan fingerprint density at radius 3 is 2.79 bits per heavy atom. The fraction of sp³-hybridized carbons (Fsp3) is 0.571. The second-order valence-electron chi connectivity index (χ2n) is 5.52. The van der Waals surface area contributed by atoms with Crippen molar-refractivity contribution < 1.29 is 0 Å². The molecule has 0 bridgehead atoms. The summed E-state index contributed by atoms with van der Waals surface area (Å²) in [4.78, 5) is 4.42. The molecule has 5 nitrogen and oxygen atoms in total. The Morgan fingerprint density at radius 1 is 1.32 bits per heavy atom. The third-order valence-electron chi connectivity index (χ3n) is 3.77. The highest BCUT2D eigenvalue weighted by Crippen LogP contribution is 2.32. The maximum Gasteiger partial charge on any atom is 0.207 e. The van der Waals surface area contributed by atoms with Crippen LogP contribution in [0.3, 0.4) is 0 Å². The van der Waals surface area contributed by atoms with E-state index in [1.165, 1.54) is 25.7 Å². The minimum atomic E-state index is 0.380. The van der Waals surface area contributed by atoms with E-state index < -0.39 is 0 Å². The Kier molecular flexibility index (Phi) is 3.27. The second-order valence-corrected chi connectivity index (χ2v) is 5.52. The van der Waals surface area contributed by atoms with Crippen LogP contribution < -0.4 is 5.32 Å². The van der Waals surface area contributed by atoms with Crippen molar-refractivity contribution >= 4 is 11.6 Å². The normalized spacial score (nSPS) is 16.4. The monoisotopic (exact) mass is 259 g/mol. The van der Waals surface area contributed by atoms with Crippen molar-refractivity contribution in [3.63, 3.8) is 0 Å². The first kappa shape index (κ1) is 12.3. The van der Waals surface area contributed by atoms with Gasteiger partial charge >= 0.3 is 0 Å². The smallest absolute Gasteiger partial charge is 0.207 e. The molecule has 0 saturated heterocycles. The topological polar surface area (TPSA) is 47.7 Å².